The molecule has 2 radical (unpaired) electrons. The van der Waals surface area contributed by atoms with E-state index in [4.69, 9.17) is 120 Å². The molecule has 21 aromatic rings. The second-order valence-electron chi connectivity index (χ2n) is 29.0. The van der Waals surface area contributed by atoms with Gasteiger partial charge in [-0.1, -0.05) is 457 Å². The van der Waals surface area contributed by atoms with Crippen molar-refractivity contribution in [2.45, 2.75) is 166 Å². The average Bonchev–Trinajstić information content (AvgIpc) is 1.60. The Labute approximate surface area is 892 Å². The first-order valence-electron chi connectivity index (χ1n) is 50.7. The summed E-state index contributed by atoms with van der Waals surface area (Å²) in [5.41, 5.74) is 17.3. The minimum absolute atomic E-state index is 0. The molecule has 0 unspecified atom stereocenters. The molecule has 6 aliphatic heterocycles. The molecule has 0 amide bonds. The molecule has 0 aliphatic carbocycles. The summed E-state index contributed by atoms with van der Waals surface area (Å²) in [6, 6.07) is 95.5. The molecule has 0 fully saturated rings. The largest absolute Gasteiger partial charge is 2.00 e. The van der Waals surface area contributed by atoms with Crippen molar-refractivity contribution in [3.05, 3.63) is 291 Å². The van der Waals surface area contributed by atoms with Gasteiger partial charge in [-0.15, -0.1) is 0 Å². The van der Waals surface area contributed by atoms with Gasteiger partial charge in [-0.3, -0.25) is 0 Å². The minimum atomic E-state index is 0. The fourth-order valence-electron chi connectivity index (χ4n) is 16.4. The molecule has 15 heterocycles. The van der Waals surface area contributed by atoms with E-state index in [1.807, 2.05) is 457 Å². The fourth-order valence-corrected chi connectivity index (χ4v) is 16.4. The van der Waals surface area contributed by atoms with Gasteiger partial charge in [0.1, 0.15) is 0 Å². The van der Waals surface area contributed by atoms with Crippen molar-refractivity contribution >= 4 is 132 Å². The molecular weight excluding hydrogens is 1970 g/mol. The minimum Gasteiger partial charge on any atom is -0.357 e. The maximum Gasteiger partial charge on any atom is 2.00 e. The molecular formula is C120H120CoCuN24Zn. The second kappa shape index (κ2) is 54.3. The number of benzene rings is 12. The van der Waals surface area contributed by atoms with Gasteiger partial charge in [0.05, 0.1) is 69.9 Å². The Kier molecular flexibility index (Phi) is 41.9. The zero-order valence-corrected chi connectivity index (χ0v) is 92.7. The topological polar surface area (TPSA) is 317 Å². The van der Waals surface area contributed by atoms with Crippen LogP contribution >= 0.6 is 0 Å². The van der Waals surface area contributed by atoms with E-state index < -0.39 is 0 Å². The third-order valence-electron chi connectivity index (χ3n) is 22.0. The van der Waals surface area contributed by atoms with Crippen LogP contribution in [0, 0.1) is 0 Å². The molecule has 12 aromatic carbocycles. The van der Waals surface area contributed by atoms with Crippen molar-refractivity contribution in [3.8, 4) is 137 Å². The van der Waals surface area contributed by atoms with Crippen LogP contribution in [0.15, 0.2) is 291 Å². The van der Waals surface area contributed by atoms with E-state index in [1.54, 1.807) is 0 Å². The van der Waals surface area contributed by atoms with E-state index in [2.05, 4.69) is 0 Å². The first kappa shape index (κ1) is 113. The molecule has 742 valence electrons. The van der Waals surface area contributed by atoms with Crippen molar-refractivity contribution in [2.24, 2.45) is 0 Å². The van der Waals surface area contributed by atoms with Gasteiger partial charge in [0.15, 0.2) is 0 Å². The van der Waals surface area contributed by atoms with Crippen molar-refractivity contribution < 1.29 is 53.3 Å². The summed E-state index contributed by atoms with van der Waals surface area (Å²) in [6.07, 6.45) is 0. The standard InChI is InChI=1S/3C32H16N8.12C2H6.Co.Cu.Zn/c3*1-2-10-18-17(9-1)25-33-26(18)38-28-21-13-5-6-14-22(21)30(35-28)40-32-24-16-8-7-15-23(24)31(36-32)39-29-20-12-4-3-11-19(20)27(34-29)37-25;12*1-2;;;/h3*1-16H;12*1-2H3;;;/q3*-2;;;;;;;;;;;;;3*+2. The fraction of sp³-hybridized carbons (Fsp3) is 0.200. The molecule has 27 heteroatoms. The maximum atomic E-state index is 4.95. The molecule has 27 rings (SSSR count). The van der Waals surface area contributed by atoms with Gasteiger partial charge in [0.2, 0.25) is 0 Å². The van der Waals surface area contributed by atoms with Crippen LogP contribution in [0.25, 0.3) is 269 Å². The van der Waals surface area contributed by atoms with Crippen LogP contribution in [0.4, 0.5) is 0 Å². The normalized spacial score (nSPS) is 10.3. The molecule has 6 aliphatic rings. The Morgan fingerprint density at radius 3 is 0.259 bits per heavy atom. The Bertz CT molecular complexity index is 6910. The average molecular weight is 2090 g/mol. The number of hydrogen-bond donors (Lipinski definition) is 0. The van der Waals surface area contributed by atoms with E-state index in [9.17, 15) is 0 Å². The van der Waals surface area contributed by atoms with Crippen LogP contribution in [0.1, 0.15) is 166 Å². The van der Waals surface area contributed by atoms with Gasteiger partial charge in [-0.25, -0.2) is 29.9 Å². The SMILES string of the molecule is CC.CC.CC.CC.CC.CC.CC.CC.CC.CC.CC.CC.[Co+2].[Cu+2].[Zn+2].c1ccc2c(c1)-c1nc-2nc2[n-]c(nc3nc(nc4[n-]c(n1)c1ccccc41)-c1ccccc1-3)c1ccccc21.c1ccc2c(c1)-c1nc-2nc2[n-]c(nc3nc(nc4[n-]c(n1)c1ccccc41)-c1ccccc1-3)c1ccccc21.c1ccc2c(c1)-c1nc-2nc2[n-]c(nc3nc(nc4[n-]c(n1)c1ccccc41)-c1ccccc1-3)c1ccccc21. The monoisotopic (exact) mass is 2080 g/mol. The summed E-state index contributed by atoms with van der Waals surface area (Å²) in [5, 5.41) is 10.7. The molecule has 0 atom stereocenters. The zero-order chi connectivity index (χ0) is 103. The number of hydrogen-bond acceptors (Lipinski definition) is 18. The molecule has 0 saturated carbocycles. The molecule has 24 nitrogen and oxygen atoms in total. The van der Waals surface area contributed by atoms with E-state index in [0.717, 1.165) is 131 Å². The third kappa shape index (κ3) is 22.6. The molecule has 24 bridgehead atoms. The quantitative estimate of drug-likeness (QED) is 0.127. The molecule has 147 heavy (non-hydrogen) atoms. The van der Waals surface area contributed by atoms with E-state index >= 15 is 0 Å². The number of nitrogens with zero attached hydrogens (tertiary/aromatic N) is 24. The van der Waals surface area contributed by atoms with Crippen LogP contribution in [0.3, 0.4) is 0 Å². The van der Waals surface area contributed by atoms with Gasteiger partial charge in [0, 0.05) is 135 Å². The summed E-state index contributed by atoms with van der Waals surface area (Å²) in [4.78, 5) is 118. The third-order valence-corrected chi connectivity index (χ3v) is 22.0. The Morgan fingerprint density at radius 1 is 0.116 bits per heavy atom. The Balaban J connectivity index is 0.000000203. The van der Waals surface area contributed by atoms with Crippen molar-refractivity contribution in [2.75, 3.05) is 0 Å². The first-order valence-corrected chi connectivity index (χ1v) is 50.7. The van der Waals surface area contributed by atoms with Gasteiger partial charge < -0.3 is 89.7 Å². The van der Waals surface area contributed by atoms with Crippen LogP contribution in [0.5, 0.6) is 0 Å². The van der Waals surface area contributed by atoms with Crippen molar-refractivity contribution in [3.63, 3.8) is 0 Å². The Morgan fingerprint density at radius 2 is 0.184 bits per heavy atom. The van der Waals surface area contributed by atoms with E-state index in [-0.39, 0.29) is 53.3 Å². The second-order valence-corrected chi connectivity index (χ2v) is 29.0. The molecule has 0 N–H and O–H groups in total. The van der Waals surface area contributed by atoms with E-state index in [1.165, 1.54) is 0 Å². The smallest absolute Gasteiger partial charge is 0.357 e. The molecule has 9 aromatic heterocycles. The summed E-state index contributed by atoms with van der Waals surface area (Å²) >= 11 is 0. The van der Waals surface area contributed by atoms with Crippen LogP contribution in [-0.4, -0.2) is 89.7 Å². The first-order chi connectivity index (χ1) is 71.4. The Hall–Kier alpha value is -15.6. The van der Waals surface area contributed by atoms with Gasteiger partial charge in [0.25, 0.3) is 0 Å². The van der Waals surface area contributed by atoms with E-state index in [0.29, 0.717) is 138 Å². The zero-order valence-electron chi connectivity index (χ0n) is 87.8. The van der Waals surface area contributed by atoms with Gasteiger partial charge in [-0.2, -0.15) is 0 Å². The number of rotatable bonds is 0. The maximum absolute atomic E-state index is 4.95. The van der Waals surface area contributed by atoms with Crippen LogP contribution in [0.2, 0.25) is 0 Å². The summed E-state index contributed by atoms with van der Waals surface area (Å²) in [6.45, 7) is 48.0. The van der Waals surface area contributed by atoms with Crippen LogP contribution < -0.4 is 29.9 Å². The summed E-state index contributed by atoms with van der Waals surface area (Å²) in [7, 11) is 0. The summed E-state index contributed by atoms with van der Waals surface area (Å²) in [5.74, 6) is 6.62. The molecule has 0 spiro atoms. The summed E-state index contributed by atoms with van der Waals surface area (Å²) < 4.78 is 0. The van der Waals surface area contributed by atoms with Gasteiger partial charge in [-0.05, 0) is 64.6 Å². The number of fused-ring (bicyclic) bond motifs is 60. The predicted molar refractivity (Wildman–Crippen MR) is 598 cm³/mol. The van der Waals surface area contributed by atoms with Crippen molar-refractivity contribution in [1.82, 2.24) is 120 Å². The van der Waals surface area contributed by atoms with Crippen LogP contribution in [-0.2, 0) is 53.3 Å². The molecule has 0 saturated heterocycles. The van der Waals surface area contributed by atoms with Crippen molar-refractivity contribution in [1.29, 1.82) is 0 Å². The number of aromatic nitrogens is 24. The predicted octanol–water partition coefficient (Wildman–Crippen LogP) is 30.7. The van der Waals surface area contributed by atoms with Gasteiger partial charge >= 0.3 is 53.3 Å².